The number of ketones is 1. The maximum Gasteiger partial charge on any atom is 0.306 e. The summed E-state index contributed by atoms with van der Waals surface area (Å²) in [6, 6.07) is 4.91. The topological polar surface area (TPSA) is 72.8 Å². The quantitative estimate of drug-likeness (QED) is 0.824. The Balaban J connectivity index is 2.13. The average molecular weight is 250 g/mol. The Labute approximate surface area is 104 Å². The van der Waals surface area contributed by atoms with Crippen molar-refractivity contribution in [1.82, 2.24) is 0 Å². The molecular weight excluding hydrogens is 236 g/mol. The molecule has 0 saturated carbocycles. The number of ether oxygens (including phenoxy) is 2. The molecule has 1 aliphatic heterocycles. The summed E-state index contributed by atoms with van der Waals surface area (Å²) in [7, 11) is 0. The van der Waals surface area contributed by atoms with Crippen LogP contribution in [0.2, 0.25) is 0 Å². The number of carboxylic acids is 1. The van der Waals surface area contributed by atoms with Crippen molar-refractivity contribution in [2.24, 2.45) is 5.92 Å². The fourth-order valence-corrected chi connectivity index (χ4v) is 1.70. The van der Waals surface area contributed by atoms with Gasteiger partial charge in [0.2, 0.25) is 0 Å². The molecule has 0 spiro atoms. The van der Waals surface area contributed by atoms with Gasteiger partial charge in [0.25, 0.3) is 0 Å². The van der Waals surface area contributed by atoms with Crippen LogP contribution in [0, 0.1) is 5.92 Å². The molecule has 1 N–H and O–H groups in total. The normalized spacial score (nSPS) is 14.9. The van der Waals surface area contributed by atoms with Crippen molar-refractivity contribution in [3.63, 3.8) is 0 Å². The predicted molar refractivity (Wildman–Crippen MR) is 63.2 cm³/mol. The van der Waals surface area contributed by atoms with Gasteiger partial charge in [0.1, 0.15) is 13.2 Å². The third kappa shape index (κ3) is 2.61. The van der Waals surface area contributed by atoms with E-state index in [2.05, 4.69) is 0 Å². The molecule has 1 aromatic carbocycles. The summed E-state index contributed by atoms with van der Waals surface area (Å²) in [5, 5.41) is 8.77. The summed E-state index contributed by atoms with van der Waals surface area (Å²) in [4.78, 5) is 22.6. The van der Waals surface area contributed by atoms with E-state index in [1.54, 1.807) is 18.2 Å². The molecule has 0 saturated heterocycles. The number of carbonyl (C=O) groups excluding carboxylic acids is 1. The van der Waals surface area contributed by atoms with Crippen molar-refractivity contribution in [3.05, 3.63) is 23.8 Å². The lowest BCUT2D eigenvalue weighted by Gasteiger charge is -2.18. The Bertz CT molecular complexity index is 480. The standard InChI is InChI=1S/C13H14O5/c1-8(13(15)16)6-10(14)9-2-3-11-12(7-9)18-5-4-17-11/h2-3,7-8H,4-6H2,1H3,(H,15,16)/t8-/m1/s1. The van der Waals surface area contributed by atoms with Gasteiger partial charge in [-0.2, -0.15) is 0 Å². The third-order valence-corrected chi connectivity index (χ3v) is 2.78. The number of Topliss-reactive ketones (excluding diaryl/α,β-unsaturated/α-hetero) is 1. The molecule has 5 nitrogen and oxygen atoms in total. The second kappa shape index (κ2) is 5.08. The zero-order valence-electron chi connectivity index (χ0n) is 10.0. The molecule has 1 atom stereocenters. The van der Waals surface area contributed by atoms with E-state index in [-0.39, 0.29) is 12.2 Å². The molecule has 1 aliphatic rings. The molecular formula is C13H14O5. The Hall–Kier alpha value is -2.04. The van der Waals surface area contributed by atoms with Crippen LogP contribution in [-0.4, -0.2) is 30.1 Å². The highest BCUT2D eigenvalue weighted by Crippen LogP contribution is 2.31. The van der Waals surface area contributed by atoms with Gasteiger partial charge in [-0.3, -0.25) is 9.59 Å². The number of aliphatic carboxylic acids is 1. The van der Waals surface area contributed by atoms with Crippen LogP contribution in [0.25, 0.3) is 0 Å². The minimum Gasteiger partial charge on any atom is -0.486 e. The SMILES string of the molecule is C[C@H](CC(=O)c1ccc2c(c1)OCCO2)C(=O)O. The lowest BCUT2D eigenvalue weighted by molar-refractivity contribution is -0.141. The fourth-order valence-electron chi connectivity index (χ4n) is 1.70. The largest absolute Gasteiger partial charge is 0.486 e. The van der Waals surface area contributed by atoms with Gasteiger partial charge in [-0.1, -0.05) is 6.92 Å². The van der Waals surface area contributed by atoms with Gasteiger partial charge in [0.05, 0.1) is 5.92 Å². The number of hydrogen-bond donors (Lipinski definition) is 1. The molecule has 5 heteroatoms. The van der Waals surface area contributed by atoms with Gasteiger partial charge in [-0.25, -0.2) is 0 Å². The number of hydrogen-bond acceptors (Lipinski definition) is 4. The number of rotatable bonds is 4. The van der Waals surface area contributed by atoms with Crippen molar-refractivity contribution in [2.75, 3.05) is 13.2 Å². The van der Waals surface area contributed by atoms with Crippen LogP contribution in [0.3, 0.4) is 0 Å². The van der Waals surface area contributed by atoms with Crippen LogP contribution in [0.1, 0.15) is 23.7 Å². The van der Waals surface area contributed by atoms with Crippen molar-refractivity contribution in [3.8, 4) is 11.5 Å². The van der Waals surface area contributed by atoms with Crippen molar-refractivity contribution >= 4 is 11.8 Å². The van der Waals surface area contributed by atoms with Gasteiger partial charge in [-0.15, -0.1) is 0 Å². The Kier molecular flexibility index (Phi) is 3.50. The molecule has 0 amide bonds. The number of carboxylic acid groups (broad SMARTS) is 1. The molecule has 18 heavy (non-hydrogen) atoms. The van der Waals surface area contributed by atoms with Gasteiger partial charge in [0, 0.05) is 12.0 Å². The van der Waals surface area contributed by atoms with Gasteiger partial charge < -0.3 is 14.6 Å². The molecule has 1 aromatic rings. The maximum absolute atomic E-state index is 11.9. The highest BCUT2D eigenvalue weighted by Gasteiger charge is 2.19. The van der Waals surface area contributed by atoms with Crippen LogP contribution in [0.5, 0.6) is 11.5 Å². The first-order valence-electron chi connectivity index (χ1n) is 5.73. The lowest BCUT2D eigenvalue weighted by atomic mass is 9.99. The summed E-state index contributed by atoms with van der Waals surface area (Å²) >= 11 is 0. The number of benzene rings is 1. The number of fused-ring (bicyclic) bond motifs is 1. The third-order valence-electron chi connectivity index (χ3n) is 2.78. The van der Waals surface area contributed by atoms with Crippen molar-refractivity contribution < 1.29 is 24.2 Å². The van der Waals surface area contributed by atoms with Crippen LogP contribution >= 0.6 is 0 Å². The summed E-state index contributed by atoms with van der Waals surface area (Å²) in [5.41, 5.74) is 0.451. The minimum absolute atomic E-state index is 0.0189. The van der Waals surface area contributed by atoms with Crippen LogP contribution in [-0.2, 0) is 4.79 Å². The minimum atomic E-state index is -0.971. The van der Waals surface area contributed by atoms with Crippen LogP contribution in [0.4, 0.5) is 0 Å². The number of carbonyl (C=O) groups is 2. The second-order valence-corrected chi connectivity index (χ2v) is 4.23. The fraction of sp³-hybridized carbons (Fsp3) is 0.385. The van der Waals surface area contributed by atoms with Crippen molar-refractivity contribution in [2.45, 2.75) is 13.3 Å². The molecule has 0 fully saturated rings. The van der Waals surface area contributed by atoms with E-state index < -0.39 is 11.9 Å². The van der Waals surface area contributed by atoms with Crippen molar-refractivity contribution in [1.29, 1.82) is 0 Å². The molecule has 0 unspecified atom stereocenters. The van der Waals surface area contributed by atoms with E-state index in [9.17, 15) is 9.59 Å². The maximum atomic E-state index is 11.9. The average Bonchev–Trinajstić information content (AvgIpc) is 2.37. The summed E-state index contributed by atoms with van der Waals surface area (Å²) in [6.07, 6.45) is -0.0189. The molecule has 96 valence electrons. The first kappa shape index (κ1) is 12.4. The van der Waals surface area contributed by atoms with Gasteiger partial charge in [-0.05, 0) is 18.2 Å². The molecule has 0 aromatic heterocycles. The Morgan fingerprint density at radius 2 is 1.94 bits per heavy atom. The van der Waals surface area contributed by atoms with Gasteiger partial charge in [0.15, 0.2) is 17.3 Å². The van der Waals surface area contributed by atoms with E-state index in [1.165, 1.54) is 6.92 Å². The zero-order chi connectivity index (χ0) is 13.1. The Morgan fingerprint density at radius 3 is 2.61 bits per heavy atom. The lowest BCUT2D eigenvalue weighted by Crippen LogP contribution is -2.17. The van der Waals surface area contributed by atoms with Crippen LogP contribution < -0.4 is 9.47 Å². The predicted octanol–water partition coefficient (Wildman–Crippen LogP) is 1.75. The first-order valence-corrected chi connectivity index (χ1v) is 5.73. The zero-order valence-corrected chi connectivity index (χ0v) is 10.0. The molecule has 0 bridgehead atoms. The van der Waals surface area contributed by atoms with E-state index in [1.807, 2.05) is 0 Å². The van der Waals surface area contributed by atoms with E-state index in [4.69, 9.17) is 14.6 Å². The summed E-state index contributed by atoms with van der Waals surface area (Å²) < 4.78 is 10.7. The summed E-state index contributed by atoms with van der Waals surface area (Å²) in [6.45, 7) is 2.46. The summed E-state index contributed by atoms with van der Waals surface area (Å²) in [5.74, 6) is -0.715. The van der Waals surface area contributed by atoms with E-state index in [0.29, 0.717) is 30.3 Å². The molecule has 2 rings (SSSR count). The molecule has 0 aliphatic carbocycles. The highest BCUT2D eigenvalue weighted by atomic mass is 16.6. The Morgan fingerprint density at radius 1 is 1.28 bits per heavy atom. The first-order chi connectivity index (χ1) is 8.58. The molecule has 0 radical (unpaired) electrons. The second-order valence-electron chi connectivity index (χ2n) is 4.23. The highest BCUT2D eigenvalue weighted by molar-refractivity contribution is 5.98. The van der Waals surface area contributed by atoms with E-state index in [0.717, 1.165) is 0 Å². The smallest absolute Gasteiger partial charge is 0.306 e. The monoisotopic (exact) mass is 250 g/mol. The van der Waals surface area contributed by atoms with Crippen LogP contribution in [0.15, 0.2) is 18.2 Å². The molecule has 1 heterocycles. The van der Waals surface area contributed by atoms with Gasteiger partial charge >= 0.3 is 5.97 Å². The van der Waals surface area contributed by atoms with E-state index >= 15 is 0 Å².